The minimum absolute atomic E-state index is 0.111. The summed E-state index contributed by atoms with van der Waals surface area (Å²) in [4.78, 5) is 10.5. The van der Waals surface area contributed by atoms with Gasteiger partial charge in [0.1, 0.15) is 49.8 Å². The fraction of sp³-hybridized carbons (Fsp3) is 0.419. The molecule has 4 aromatic carbocycles. The molecular formula is C43H54O7. The van der Waals surface area contributed by atoms with Gasteiger partial charge in [0.05, 0.1) is 19.8 Å². The molecule has 1 saturated heterocycles. The lowest BCUT2D eigenvalue weighted by atomic mass is 9.94. The molecule has 1 fully saturated rings. The monoisotopic (exact) mass is 682 g/mol. The van der Waals surface area contributed by atoms with E-state index in [-0.39, 0.29) is 19.8 Å². The van der Waals surface area contributed by atoms with E-state index in [9.17, 15) is 9.90 Å². The molecule has 1 aliphatic heterocycles. The maximum Gasteiger partial charge on any atom is 0.145 e. The number of ether oxygens (including phenoxy) is 5. The third kappa shape index (κ3) is 10.3. The first kappa shape index (κ1) is 38.8. The summed E-state index contributed by atoms with van der Waals surface area (Å²) in [6, 6.07) is 17.5. The molecule has 0 saturated carbocycles. The Labute approximate surface area is 298 Å². The Hall–Kier alpha value is -4.01. The van der Waals surface area contributed by atoms with Crippen LogP contribution < -0.4 is 9.47 Å². The zero-order valence-electron chi connectivity index (χ0n) is 31.5. The second-order valence-corrected chi connectivity index (χ2v) is 13.6. The van der Waals surface area contributed by atoms with Gasteiger partial charge in [-0.3, -0.25) is 0 Å². The molecular weight excluding hydrogens is 628 g/mol. The standard InChI is InChI=1S/C23H30O5.C20H24O2/c1-15-8-19(9-16(2)22(15)14-27-7-6-24)20-10-17(3)23(18(4)11-20)28-13-21(25)12-26-5;1-12-6-17(7-13(2)16(12)5)18-8-14(3)20(15(4)9-18)22-11-19-10-21-19/h6,8-11,21,25H,7,12-14H2,1-5H3;6-9,19H,10-11H2,1-5H3. The van der Waals surface area contributed by atoms with E-state index in [0.717, 1.165) is 63.3 Å². The summed E-state index contributed by atoms with van der Waals surface area (Å²) in [5.74, 6) is 1.80. The van der Waals surface area contributed by atoms with Gasteiger partial charge in [-0.2, -0.15) is 0 Å². The first-order valence-corrected chi connectivity index (χ1v) is 17.3. The van der Waals surface area contributed by atoms with Crippen molar-refractivity contribution >= 4 is 6.29 Å². The average molecular weight is 683 g/mol. The van der Waals surface area contributed by atoms with E-state index in [1.807, 2.05) is 13.8 Å². The SMILES string of the molecule is COCC(O)COc1c(C)cc(-c2cc(C)c(COCC=O)c(C)c2)cc1C.Cc1cc(-c2cc(C)c(OCC3CO3)c(C)c2)cc(C)c1C. The van der Waals surface area contributed by atoms with Crippen molar-refractivity contribution in [3.63, 3.8) is 0 Å². The number of hydrogen-bond acceptors (Lipinski definition) is 7. The van der Waals surface area contributed by atoms with Crippen molar-refractivity contribution in [1.29, 1.82) is 0 Å². The number of aldehydes is 1. The normalized spacial score (nSPS) is 14.1. The van der Waals surface area contributed by atoms with E-state index in [1.54, 1.807) is 7.11 Å². The summed E-state index contributed by atoms with van der Waals surface area (Å²) in [6.45, 7) is 21.4. The molecule has 50 heavy (non-hydrogen) atoms. The van der Waals surface area contributed by atoms with Crippen molar-refractivity contribution in [2.45, 2.75) is 81.1 Å². The number of benzene rings is 4. The van der Waals surface area contributed by atoms with Gasteiger partial charge in [-0.15, -0.1) is 0 Å². The Morgan fingerprint density at radius 1 is 0.680 bits per heavy atom. The number of hydrogen-bond donors (Lipinski definition) is 1. The Morgan fingerprint density at radius 3 is 1.52 bits per heavy atom. The van der Waals surface area contributed by atoms with Crippen LogP contribution >= 0.6 is 0 Å². The van der Waals surface area contributed by atoms with E-state index in [2.05, 4.69) is 97.0 Å². The molecule has 0 amide bonds. The van der Waals surface area contributed by atoms with Crippen LogP contribution in [-0.2, 0) is 25.6 Å². The predicted octanol–water partition coefficient (Wildman–Crippen LogP) is 8.36. The van der Waals surface area contributed by atoms with Crippen molar-refractivity contribution in [2.75, 3.05) is 40.1 Å². The zero-order valence-corrected chi connectivity index (χ0v) is 31.5. The average Bonchev–Trinajstić information content (AvgIpc) is 3.89. The Kier molecular flexibility index (Phi) is 13.8. The van der Waals surface area contributed by atoms with Crippen LogP contribution in [0.25, 0.3) is 22.3 Å². The third-order valence-electron chi connectivity index (χ3n) is 9.24. The molecule has 0 aromatic heterocycles. The van der Waals surface area contributed by atoms with Crippen molar-refractivity contribution < 1.29 is 33.6 Å². The van der Waals surface area contributed by atoms with Crippen LogP contribution in [0.3, 0.4) is 0 Å². The highest BCUT2D eigenvalue weighted by Gasteiger charge is 2.24. The second kappa shape index (κ2) is 17.8. The molecule has 7 nitrogen and oxygen atoms in total. The van der Waals surface area contributed by atoms with Gasteiger partial charge in [-0.1, -0.05) is 24.3 Å². The maximum absolute atomic E-state index is 10.5. The quantitative estimate of drug-likeness (QED) is 0.0813. The summed E-state index contributed by atoms with van der Waals surface area (Å²) < 4.78 is 27.3. The van der Waals surface area contributed by atoms with Crippen LogP contribution in [0.4, 0.5) is 0 Å². The lowest BCUT2D eigenvalue weighted by molar-refractivity contribution is -0.112. The number of aliphatic hydroxyl groups is 1. The van der Waals surface area contributed by atoms with E-state index in [0.29, 0.717) is 19.3 Å². The number of aliphatic hydroxyl groups excluding tert-OH is 1. The first-order valence-electron chi connectivity index (χ1n) is 17.3. The summed E-state index contributed by atoms with van der Waals surface area (Å²) in [6.07, 6.45) is 0.409. The van der Waals surface area contributed by atoms with Gasteiger partial charge >= 0.3 is 0 Å². The molecule has 0 aliphatic carbocycles. The van der Waals surface area contributed by atoms with Gasteiger partial charge in [-0.25, -0.2) is 0 Å². The van der Waals surface area contributed by atoms with Gasteiger partial charge < -0.3 is 33.6 Å². The fourth-order valence-corrected chi connectivity index (χ4v) is 6.25. The Bertz CT molecular complexity index is 1690. The molecule has 2 atom stereocenters. The van der Waals surface area contributed by atoms with E-state index in [4.69, 9.17) is 23.7 Å². The number of carbonyl (C=O) groups is 1. The molecule has 0 bridgehead atoms. The molecule has 4 aromatic rings. The highest BCUT2D eigenvalue weighted by atomic mass is 16.6. The fourth-order valence-electron chi connectivity index (χ4n) is 6.25. The number of aryl methyl sites for hydroxylation is 8. The van der Waals surface area contributed by atoms with Gasteiger partial charge in [-0.05, 0) is 164 Å². The summed E-state index contributed by atoms with van der Waals surface area (Å²) in [7, 11) is 1.55. The van der Waals surface area contributed by atoms with Crippen molar-refractivity contribution in [1.82, 2.24) is 0 Å². The van der Waals surface area contributed by atoms with Gasteiger partial charge in [0, 0.05) is 7.11 Å². The van der Waals surface area contributed by atoms with E-state index < -0.39 is 6.10 Å². The van der Waals surface area contributed by atoms with Crippen molar-refractivity contribution in [2.24, 2.45) is 0 Å². The van der Waals surface area contributed by atoms with Crippen LogP contribution in [0, 0.1) is 62.3 Å². The highest BCUT2D eigenvalue weighted by Crippen LogP contribution is 2.34. The predicted molar refractivity (Wildman–Crippen MR) is 201 cm³/mol. The molecule has 1 aliphatic rings. The molecule has 1 heterocycles. The number of rotatable bonds is 14. The number of methoxy groups -OCH3 is 1. The highest BCUT2D eigenvalue weighted by molar-refractivity contribution is 5.70. The molecule has 2 unspecified atom stereocenters. The molecule has 268 valence electrons. The lowest BCUT2D eigenvalue weighted by Gasteiger charge is -2.18. The van der Waals surface area contributed by atoms with Crippen LogP contribution in [-0.4, -0.2) is 63.7 Å². The van der Waals surface area contributed by atoms with Gasteiger partial charge in [0.25, 0.3) is 0 Å². The third-order valence-corrected chi connectivity index (χ3v) is 9.24. The summed E-state index contributed by atoms with van der Waals surface area (Å²) in [5, 5.41) is 9.81. The van der Waals surface area contributed by atoms with Crippen molar-refractivity contribution in [3.05, 3.63) is 104 Å². The smallest absolute Gasteiger partial charge is 0.145 e. The van der Waals surface area contributed by atoms with Crippen LogP contribution in [0.1, 0.15) is 55.6 Å². The molecule has 0 spiro atoms. The topological polar surface area (TPSA) is 86.8 Å². The van der Waals surface area contributed by atoms with Crippen LogP contribution in [0.15, 0.2) is 48.5 Å². The molecule has 5 rings (SSSR count). The maximum atomic E-state index is 10.5. The van der Waals surface area contributed by atoms with Gasteiger partial charge in [0.2, 0.25) is 0 Å². The molecule has 7 heteroatoms. The minimum atomic E-state index is -0.650. The van der Waals surface area contributed by atoms with Crippen LogP contribution in [0.5, 0.6) is 11.5 Å². The number of carbonyl (C=O) groups excluding carboxylic acids is 1. The summed E-state index contributed by atoms with van der Waals surface area (Å²) in [5.41, 5.74) is 16.7. The second-order valence-electron chi connectivity index (χ2n) is 13.6. The Balaban J connectivity index is 0.000000231. The summed E-state index contributed by atoms with van der Waals surface area (Å²) >= 11 is 0. The largest absolute Gasteiger partial charge is 0.490 e. The number of epoxide rings is 1. The molecule has 1 N–H and O–H groups in total. The van der Waals surface area contributed by atoms with Crippen LogP contribution in [0.2, 0.25) is 0 Å². The first-order chi connectivity index (χ1) is 23.8. The van der Waals surface area contributed by atoms with Gasteiger partial charge in [0.15, 0.2) is 0 Å². The van der Waals surface area contributed by atoms with E-state index >= 15 is 0 Å². The lowest BCUT2D eigenvalue weighted by Crippen LogP contribution is -2.23. The van der Waals surface area contributed by atoms with Crippen molar-refractivity contribution in [3.8, 4) is 33.8 Å². The van der Waals surface area contributed by atoms with E-state index in [1.165, 1.54) is 38.9 Å². The minimum Gasteiger partial charge on any atom is -0.490 e. The Morgan fingerprint density at radius 2 is 1.10 bits per heavy atom. The zero-order chi connectivity index (χ0) is 36.5. The molecule has 0 radical (unpaired) electrons.